The summed E-state index contributed by atoms with van der Waals surface area (Å²) in [5, 5.41) is 0. The van der Waals surface area contributed by atoms with E-state index in [1.807, 2.05) is 0 Å². The molecule has 0 atom stereocenters. The molecule has 0 aromatic carbocycles. The summed E-state index contributed by atoms with van der Waals surface area (Å²) in [4.78, 5) is 0.646. The molecule has 0 aromatic rings. The van der Waals surface area contributed by atoms with E-state index in [1.54, 1.807) is 0 Å². The summed E-state index contributed by atoms with van der Waals surface area (Å²) < 4.78 is 70.9. The Kier molecular flexibility index (Phi) is 5.36. The molecular weight excluding hydrogens is 226 g/mol. The fraction of sp³-hybridized carbons (Fsp3) is 1.00. The molecule has 0 aromatic heterocycles. The van der Waals surface area contributed by atoms with Gasteiger partial charge in [0.15, 0.2) is 0 Å². The molecule has 0 aliphatic rings. The van der Waals surface area contributed by atoms with Crippen LogP contribution in [0.4, 0.5) is 26.3 Å². The van der Waals surface area contributed by atoms with E-state index in [1.165, 1.54) is 0 Å². The van der Waals surface area contributed by atoms with Crippen LogP contribution in [0.1, 0.15) is 6.42 Å². The van der Waals surface area contributed by atoms with Gasteiger partial charge in [0.25, 0.3) is 0 Å². The van der Waals surface area contributed by atoms with Crippen LogP contribution in [0.15, 0.2) is 0 Å². The maximum atomic E-state index is 11.9. The van der Waals surface area contributed by atoms with E-state index in [9.17, 15) is 26.3 Å². The summed E-state index contributed by atoms with van der Waals surface area (Å²) in [6, 6.07) is 0. The van der Waals surface area contributed by atoms with E-state index >= 15 is 0 Å². The van der Waals surface area contributed by atoms with Gasteiger partial charge in [-0.25, -0.2) is 0 Å². The number of halogens is 6. The fourth-order valence-corrected chi connectivity index (χ4v) is 0.991. The zero-order valence-corrected chi connectivity index (χ0v) is 7.83. The molecule has 0 radical (unpaired) electrons. The van der Waals surface area contributed by atoms with Gasteiger partial charge in [-0.3, -0.25) is 4.90 Å². The van der Waals surface area contributed by atoms with Crippen LogP contribution in [-0.2, 0) is 0 Å². The van der Waals surface area contributed by atoms with Crippen molar-refractivity contribution in [2.45, 2.75) is 18.8 Å². The molecule has 15 heavy (non-hydrogen) atoms. The molecule has 2 nitrogen and oxygen atoms in total. The van der Waals surface area contributed by atoms with Crippen LogP contribution >= 0.6 is 0 Å². The van der Waals surface area contributed by atoms with Crippen LogP contribution < -0.4 is 5.73 Å². The summed E-state index contributed by atoms with van der Waals surface area (Å²) in [5.41, 5.74) is 5.00. The molecule has 0 saturated heterocycles. The molecule has 0 heterocycles. The summed E-state index contributed by atoms with van der Waals surface area (Å²) in [6.07, 6.45) is -10.2. The first-order valence-electron chi connectivity index (χ1n) is 4.20. The maximum Gasteiger partial charge on any atom is 0.401 e. The second-order valence-corrected chi connectivity index (χ2v) is 3.05. The lowest BCUT2D eigenvalue weighted by molar-refractivity contribution is -0.160. The molecule has 0 fully saturated rings. The van der Waals surface area contributed by atoms with Crippen LogP contribution in [0, 0.1) is 0 Å². The van der Waals surface area contributed by atoms with Crippen LogP contribution in [0.3, 0.4) is 0 Å². The Labute approximate surface area is 83.0 Å². The van der Waals surface area contributed by atoms with Gasteiger partial charge in [0.2, 0.25) is 0 Å². The monoisotopic (exact) mass is 238 g/mol. The maximum absolute atomic E-state index is 11.9. The highest BCUT2D eigenvalue weighted by Gasteiger charge is 2.33. The quantitative estimate of drug-likeness (QED) is 0.739. The van der Waals surface area contributed by atoms with E-state index in [0.29, 0.717) is 4.90 Å². The van der Waals surface area contributed by atoms with E-state index in [0.717, 1.165) is 0 Å². The molecule has 0 rings (SSSR count). The highest BCUT2D eigenvalue weighted by Crippen LogP contribution is 2.21. The van der Waals surface area contributed by atoms with Gasteiger partial charge >= 0.3 is 12.4 Å². The summed E-state index contributed by atoms with van der Waals surface area (Å²) in [5.74, 6) is 0. The Morgan fingerprint density at radius 1 is 0.867 bits per heavy atom. The van der Waals surface area contributed by atoms with Gasteiger partial charge in [-0.1, -0.05) is 0 Å². The molecule has 0 bridgehead atoms. The van der Waals surface area contributed by atoms with Crippen molar-refractivity contribution in [3.8, 4) is 0 Å². The van der Waals surface area contributed by atoms with E-state index < -0.39 is 31.9 Å². The third-order valence-corrected chi connectivity index (χ3v) is 1.56. The van der Waals surface area contributed by atoms with Gasteiger partial charge < -0.3 is 5.73 Å². The van der Waals surface area contributed by atoms with Crippen molar-refractivity contribution in [3.63, 3.8) is 0 Å². The summed E-state index contributed by atoms with van der Waals surface area (Å²) >= 11 is 0. The zero-order valence-electron chi connectivity index (χ0n) is 7.83. The lowest BCUT2D eigenvalue weighted by atomic mass is 10.3. The third-order valence-electron chi connectivity index (χ3n) is 1.56. The Bertz CT molecular complexity index is 175. The van der Waals surface area contributed by atoms with Gasteiger partial charge in [-0.2, -0.15) is 26.3 Å². The first-order chi connectivity index (χ1) is 6.64. The zero-order chi connectivity index (χ0) is 12.1. The van der Waals surface area contributed by atoms with Crippen LogP contribution in [-0.4, -0.2) is 43.4 Å². The summed E-state index contributed by atoms with van der Waals surface area (Å²) in [6.45, 7) is -2.34. The average molecular weight is 238 g/mol. The lowest BCUT2D eigenvalue weighted by Crippen LogP contribution is -2.39. The minimum Gasteiger partial charge on any atom is -0.329 e. The molecule has 0 aliphatic carbocycles. The molecule has 0 amide bonds. The highest BCUT2D eigenvalue weighted by molar-refractivity contribution is 4.65. The molecule has 0 spiro atoms. The Balaban J connectivity index is 4.05. The smallest absolute Gasteiger partial charge is 0.329 e. The normalized spacial score (nSPS) is 13.6. The SMILES string of the molecule is NCCN(CCC(F)(F)F)CC(F)(F)F. The molecule has 2 N–H and O–H groups in total. The molecule has 8 heteroatoms. The second-order valence-electron chi connectivity index (χ2n) is 3.05. The largest absolute Gasteiger partial charge is 0.401 e. The first kappa shape index (κ1) is 14.5. The molecular formula is C7H12F6N2. The van der Waals surface area contributed by atoms with Gasteiger partial charge in [0.1, 0.15) is 0 Å². The highest BCUT2D eigenvalue weighted by atomic mass is 19.4. The third kappa shape index (κ3) is 9.80. The molecule has 0 aliphatic heterocycles. The standard InChI is InChI=1S/C7H12F6N2/c8-6(9,10)1-3-15(4-2-14)5-7(11,12)13/h1-5,14H2. The van der Waals surface area contributed by atoms with Crippen molar-refractivity contribution in [1.82, 2.24) is 4.90 Å². The van der Waals surface area contributed by atoms with E-state index in [2.05, 4.69) is 0 Å². The number of hydrogen-bond donors (Lipinski definition) is 1. The minimum absolute atomic E-state index is 0.103. The van der Waals surface area contributed by atoms with Gasteiger partial charge in [0, 0.05) is 19.6 Å². The Morgan fingerprint density at radius 2 is 1.40 bits per heavy atom. The first-order valence-corrected chi connectivity index (χ1v) is 4.20. The Morgan fingerprint density at radius 3 is 1.73 bits per heavy atom. The van der Waals surface area contributed by atoms with Gasteiger partial charge in [0.05, 0.1) is 13.0 Å². The lowest BCUT2D eigenvalue weighted by Gasteiger charge is -2.23. The van der Waals surface area contributed by atoms with Crippen LogP contribution in [0.2, 0.25) is 0 Å². The molecule has 92 valence electrons. The topological polar surface area (TPSA) is 29.3 Å². The van der Waals surface area contributed by atoms with Crippen molar-refractivity contribution in [2.24, 2.45) is 5.73 Å². The van der Waals surface area contributed by atoms with E-state index in [4.69, 9.17) is 5.73 Å². The van der Waals surface area contributed by atoms with Crippen LogP contribution in [0.25, 0.3) is 0 Å². The van der Waals surface area contributed by atoms with Crippen molar-refractivity contribution < 1.29 is 26.3 Å². The molecule has 0 unspecified atom stereocenters. The summed E-state index contributed by atoms with van der Waals surface area (Å²) in [7, 11) is 0. The van der Waals surface area contributed by atoms with E-state index in [-0.39, 0.29) is 13.1 Å². The number of rotatable bonds is 5. The van der Waals surface area contributed by atoms with Crippen molar-refractivity contribution in [1.29, 1.82) is 0 Å². The number of alkyl halides is 6. The minimum atomic E-state index is -4.50. The molecule has 0 saturated carbocycles. The number of hydrogen-bond acceptors (Lipinski definition) is 2. The number of nitrogens with zero attached hydrogens (tertiary/aromatic N) is 1. The van der Waals surface area contributed by atoms with Crippen molar-refractivity contribution in [3.05, 3.63) is 0 Å². The number of nitrogens with two attached hydrogens (primary N) is 1. The second kappa shape index (κ2) is 5.55. The van der Waals surface area contributed by atoms with Crippen molar-refractivity contribution in [2.75, 3.05) is 26.2 Å². The Hall–Kier alpha value is -0.500. The van der Waals surface area contributed by atoms with Gasteiger partial charge in [-0.05, 0) is 0 Å². The van der Waals surface area contributed by atoms with Gasteiger partial charge in [-0.15, -0.1) is 0 Å². The van der Waals surface area contributed by atoms with Crippen molar-refractivity contribution >= 4 is 0 Å². The predicted octanol–water partition coefficient (Wildman–Crippen LogP) is 1.76. The fourth-order valence-electron chi connectivity index (χ4n) is 0.991. The van der Waals surface area contributed by atoms with Crippen LogP contribution in [0.5, 0.6) is 0 Å². The average Bonchev–Trinajstić information content (AvgIpc) is 1.96. The predicted molar refractivity (Wildman–Crippen MR) is 42.2 cm³/mol.